The SMILES string of the molecule is NCCC(CC1CC1)Nc1ncc(-c2ccnc(Nc3cccc(CN4CCN(CC(=O)O)CC4)c3)c2)cn1. The van der Waals surface area contributed by atoms with Gasteiger partial charge in [0.25, 0.3) is 0 Å². The molecule has 1 saturated heterocycles. The minimum absolute atomic E-state index is 0.113. The highest BCUT2D eigenvalue weighted by molar-refractivity contribution is 5.69. The Kier molecular flexibility index (Phi) is 8.97. The molecule has 5 N–H and O–H groups in total. The van der Waals surface area contributed by atoms with E-state index in [4.69, 9.17) is 10.8 Å². The summed E-state index contributed by atoms with van der Waals surface area (Å²) in [5.41, 5.74) is 9.90. The van der Waals surface area contributed by atoms with Crippen molar-refractivity contribution < 1.29 is 9.90 Å². The van der Waals surface area contributed by atoms with Crippen LogP contribution in [-0.2, 0) is 11.3 Å². The van der Waals surface area contributed by atoms with Gasteiger partial charge in [-0.25, -0.2) is 15.0 Å². The lowest BCUT2D eigenvalue weighted by Crippen LogP contribution is -2.47. The summed E-state index contributed by atoms with van der Waals surface area (Å²) in [6.45, 7) is 4.87. The summed E-state index contributed by atoms with van der Waals surface area (Å²) in [7, 11) is 0. The van der Waals surface area contributed by atoms with Crippen molar-refractivity contribution in [3.63, 3.8) is 0 Å². The van der Waals surface area contributed by atoms with Gasteiger partial charge in [0.1, 0.15) is 5.82 Å². The second kappa shape index (κ2) is 13.0. The van der Waals surface area contributed by atoms with Gasteiger partial charge in [-0.3, -0.25) is 14.6 Å². The molecule has 2 aromatic heterocycles. The molecule has 2 fully saturated rings. The Hall–Kier alpha value is -3.60. The zero-order valence-corrected chi connectivity index (χ0v) is 22.3. The highest BCUT2D eigenvalue weighted by atomic mass is 16.4. The summed E-state index contributed by atoms with van der Waals surface area (Å²) in [4.78, 5) is 28.9. The van der Waals surface area contributed by atoms with Gasteiger partial charge >= 0.3 is 5.97 Å². The van der Waals surface area contributed by atoms with Crippen LogP contribution in [0.15, 0.2) is 55.0 Å². The second-order valence-electron chi connectivity index (χ2n) is 10.6. The van der Waals surface area contributed by atoms with Crippen LogP contribution in [0.3, 0.4) is 0 Å². The van der Waals surface area contributed by atoms with Crippen molar-refractivity contribution in [2.75, 3.05) is 49.9 Å². The molecular formula is C29H38N8O2. The van der Waals surface area contributed by atoms with Crippen molar-refractivity contribution in [1.29, 1.82) is 0 Å². The number of benzene rings is 1. The van der Waals surface area contributed by atoms with E-state index >= 15 is 0 Å². The Balaban J connectivity index is 1.17. The molecule has 3 heterocycles. The Bertz CT molecular complexity index is 1230. The first-order valence-electron chi connectivity index (χ1n) is 13.8. The number of nitrogens with one attached hydrogen (secondary N) is 2. The maximum absolute atomic E-state index is 10.9. The van der Waals surface area contributed by atoms with Gasteiger partial charge in [-0.05, 0) is 60.7 Å². The number of carbonyl (C=O) groups is 1. The first-order valence-corrected chi connectivity index (χ1v) is 13.8. The highest BCUT2D eigenvalue weighted by Gasteiger charge is 2.25. The number of carboxylic acids is 1. The van der Waals surface area contributed by atoms with Crippen LogP contribution < -0.4 is 16.4 Å². The van der Waals surface area contributed by atoms with E-state index in [-0.39, 0.29) is 6.54 Å². The number of carboxylic acid groups (broad SMARTS) is 1. The summed E-state index contributed by atoms with van der Waals surface area (Å²) < 4.78 is 0. The van der Waals surface area contributed by atoms with E-state index in [0.29, 0.717) is 18.5 Å². The van der Waals surface area contributed by atoms with Crippen LogP contribution in [0.25, 0.3) is 11.1 Å². The summed E-state index contributed by atoms with van der Waals surface area (Å²) >= 11 is 0. The third-order valence-corrected chi connectivity index (χ3v) is 7.34. The van der Waals surface area contributed by atoms with Gasteiger partial charge in [-0.1, -0.05) is 25.0 Å². The molecule has 0 radical (unpaired) electrons. The molecule has 3 aromatic rings. The summed E-state index contributed by atoms with van der Waals surface area (Å²) in [5.74, 6) is 1.45. The average Bonchev–Trinajstić information content (AvgIpc) is 3.75. The first kappa shape index (κ1) is 27.0. The predicted molar refractivity (Wildman–Crippen MR) is 153 cm³/mol. The highest BCUT2D eigenvalue weighted by Crippen LogP contribution is 2.34. The average molecular weight is 531 g/mol. The van der Waals surface area contributed by atoms with Crippen molar-refractivity contribution in [1.82, 2.24) is 24.8 Å². The molecule has 0 spiro atoms. The van der Waals surface area contributed by atoms with Crippen LogP contribution in [-0.4, -0.2) is 81.1 Å². The van der Waals surface area contributed by atoms with Crippen molar-refractivity contribution >= 4 is 23.4 Å². The number of nitrogens with zero attached hydrogens (tertiary/aromatic N) is 5. The zero-order valence-electron chi connectivity index (χ0n) is 22.3. The van der Waals surface area contributed by atoms with Crippen LogP contribution >= 0.6 is 0 Å². The van der Waals surface area contributed by atoms with Gasteiger partial charge in [0, 0.05) is 68.6 Å². The van der Waals surface area contributed by atoms with E-state index in [9.17, 15) is 4.79 Å². The fourth-order valence-corrected chi connectivity index (χ4v) is 5.07. The molecule has 1 aliphatic heterocycles. The van der Waals surface area contributed by atoms with Gasteiger partial charge in [0.05, 0.1) is 6.54 Å². The Morgan fingerprint density at radius 1 is 1.03 bits per heavy atom. The number of hydrogen-bond acceptors (Lipinski definition) is 9. The number of aliphatic carboxylic acids is 1. The van der Waals surface area contributed by atoms with E-state index in [1.54, 1.807) is 6.20 Å². The molecule has 0 bridgehead atoms. The smallest absolute Gasteiger partial charge is 0.317 e. The largest absolute Gasteiger partial charge is 0.480 e. The van der Waals surface area contributed by atoms with Crippen LogP contribution in [0.1, 0.15) is 31.2 Å². The number of piperazine rings is 1. The van der Waals surface area contributed by atoms with Gasteiger partial charge in [0.2, 0.25) is 5.95 Å². The van der Waals surface area contributed by atoms with Crippen molar-refractivity contribution in [3.05, 3.63) is 60.6 Å². The van der Waals surface area contributed by atoms with E-state index in [1.165, 1.54) is 18.4 Å². The summed E-state index contributed by atoms with van der Waals surface area (Å²) in [6, 6.07) is 12.6. The van der Waals surface area contributed by atoms with Crippen molar-refractivity contribution in [2.45, 2.75) is 38.3 Å². The molecule has 2 aliphatic rings. The van der Waals surface area contributed by atoms with Gasteiger partial charge in [0.15, 0.2) is 0 Å². The molecule has 0 amide bonds. The first-order chi connectivity index (χ1) is 19.0. The van der Waals surface area contributed by atoms with E-state index in [1.807, 2.05) is 41.6 Å². The number of hydrogen-bond donors (Lipinski definition) is 4. The lowest BCUT2D eigenvalue weighted by molar-refractivity contribution is -0.138. The Morgan fingerprint density at radius 3 is 2.51 bits per heavy atom. The summed E-state index contributed by atoms with van der Waals surface area (Å²) in [6.07, 6.45) is 10.2. The van der Waals surface area contributed by atoms with E-state index in [2.05, 4.69) is 42.6 Å². The van der Waals surface area contributed by atoms with Gasteiger partial charge < -0.3 is 21.5 Å². The van der Waals surface area contributed by atoms with Crippen molar-refractivity contribution in [2.24, 2.45) is 11.7 Å². The Morgan fingerprint density at radius 2 is 1.79 bits per heavy atom. The maximum atomic E-state index is 10.9. The molecule has 1 unspecified atom stereocenters. The van der Waals surface area contributed by atoms with Crippen LogP contribution in [0, 0.1) is 5.92 Å². The Labute approximate surface area is 229 Å². The van der Waals surface area contributed by atoms with E-state index < -0.39 is 5.97 Å². The molecular weight excluding hydrogens is 492 g/mol. The minimum Gasteiger partial charge on any atom is -0.480 e. The third kappa shape index (κ3) is 8.19. The second-order valence-corrected chi connectivity index (χ2v) is 10.6. The number of aromatic nitrogens is 3. The lowest BCUT2D eigenvalue weighted by Gasteiger charge is -2.33. The summed E-state index contributed by atoms with van der Waals surface area (Å²) in [5, 5.41) is 15.9. The van der Waals surface area contributed by atoms with Gasteiger partial charge in [-0.2, -0.15) is 0 Å². The maximum Gasteiger partial charge on any atom is 0.317 e. The standard InChI is InChI=1S/C29H38N8O2/c30-8-6-26(14-21-4-5-21)35-29-32-17-24(18-33-29)23-7-9-31-27(16-23)34-25-3-1-2-22(15-25)19-36-10-12-37(13-11-36)20-28(38)39/h1-3,7,9,15-18,21,26H,4-6,8,10-14,19-20,30H2,(H,31,34)(H,38,39)(H,32,33,35). The lowest BCUT2D eigenvalue weighted by atomic mass is 10.1. The third-order valence-electron chi connectivity index (χ3n) is 7.34. The monoisotopic (exact) mass is 530 g/mol. The molecule has 1 saturated carbocycles. The van der Waals surface area contributed by atoms with Crippen LogP contribution in [0.2, 0.25) is 0 Å². The zero-order chi connectivity index (χ0) is 27.0. The number of rotatable bonds is 13. The molecule has 5 rings (SSSR count). The number of nitrogens with two attached hydrogens (primary N) is 1. The fraction of sp³-hybridized carbons (Fsp3) is 0.448. The minimum atomic E-state index is -0.767. The predicted octanol–water partition coefficient (Wildman–Crippen LogP) is 3.41. The molecule has 39 heavy (non-hydrogen) atoms. The molecule has 1 aliphatic carbocycles. The van der Waals surface area contributed by atoms with Crippen LogP contribution in [0.4, 0.5) is 17.5 Å². The normalized spacial score (nSPS) is 17.1. The topological polar surface area (TPSA) is 133 Å². The van der Waals surface area contributed by atoms with Gasteiger partial charge in [-0.15, -0.1) is 0 Å². The number of pyridine rings is 1. The molecule has 206 valence electrons. The molecule has 1 atom stereocenters. The van der Waals surface area contributed by atoms with E-state index in [0.717, 1.165) is 74.1 Å². The molecule has 10 nitrogen and oxygen atoms in total. The van der Waals surface area contributed by atoms with Crippen LogP contribution in [0.5, 0.6) is 0 Å². The number of anilines is 3. The molecule has 10 heteroatoms. The van der Waals surface area contributed by atoms with Crippen molar-refractivity contribution in [3.8, 4) is 11.1 Å². The quantitative estimate of drug-likeness (QED) is 0.261. The fourth-order valence-electron chi connectivity index (χ4n) is 5.07. The molecule has 1 aromatic carbocycles.